The number of nitrogens with zero attached hydrogens (tertiary/aromatic N) is 3. The van der Waals surface area contributed by atoms with E-state index in [9.17, 15) is 0 Å². The Labute approximate surface area is 115 Å². The number of nitrogens with one attached hydrogen (secondary N) is 1. The summed E-state index contributed by atoms with van der Waals surface area (Å²) in [5, 5.41) is 11.6. The van der Waals surface area contributed by atoms with Crippen LogP contribution in [0.3, 0.4) is 0 Å². The van der Waals surface area contributed by atoms with Crippen molar-refractivity contribution in [2.24, 2.45) is 0 Å². The molecular weight excluding hydrogens is 240 g/mol. The molecule has 1 fully saturated rings. The number of hydrogen-bond donors (Lipinski definition) is 1. The molecule has 1 saturated heterocycles. The van der Waals surface area contributed by atoms with Crippen molar-refractivity contribution in [1.29, 1.82) is 0 Å². The van der Waals surface area contributed by atoms with Gasteiger partial charge in [0.1, 0.15) is 0 Å². The first-order chi connectivity index (χ1) is 9.33. The molecule has 2 heterocycles. The van der Waals surface area contributed by atoms with Crippen molar-refractivity contribution in [3.05, 3.63) is 11.4 Å². The van der Waals surface area contributed by atoms with Gasteiger partial charge in [0.25, 0.3) is 0 Å². The van der Waals surface area contributed by atoms with Crippen molar-refractivity contribution in [2.45, 2.75) is 58.5 Å². The summed E-state index contributed by atoms with van der Waals surface area (Å²) >= 11 is 0. The third kappa shape index (κ3) is 4.13. The molecule has 0 amide bonds. The summed E-state index contributed by atoms with van der Waals surface area (Å²) < 4.78 is 5.70. The molecule has 0 bridgehead atoms. The van der Waals surface area contributed by atoms with Crippen molar-refractivity contribution < 1.29 is 4.74 Å². The summed E-state index contributed by atoms with van der Waals surface area (Å²) in [5.41, 5.74) is 2.05. The van der Waals surface area contributed by atoms with E-state index in [0.29, 0.717) is 12.1 Å². The molecule has 5 nitrogen and oxygen atoms in total. The van der Waals surface area contributed by atoms with Gasteiger partial charge >= 0.3 is 0 Å². The third-order valence-electron chi connectivity index (χ3n) is 3.53. The van der Waals surface area contributed by atoms with E-state index in [1.807, 2.05) is 0 Å². The molecule has 106 valence electrons. The fraction of sp³-hybridized carbons (Fsp3) is 0.786. The lowest BCUT2D eigenvalue weighted by Crippen LogP contribution is -2.22. The maximum atomic E-state index is 5.70. The van der Waals surface area contributed by atoms with E-state index in [4.69, 9.17) is 4.74 Å². The monoisotopic (exact) mass is 264 g/mol. The summed E-state index contributed by atoms with van der Waals surface area (Å²) in [7, 11) is 0. The molecule has 5 heteroatoms. The van der Waals surface area contributed by atoms with Crippen LogP contribution >= 0.6 is 0 Å². The van der Waals surface area contributed by atoms with Crippen LogP contribution in [0, 0.1) is 0 Å². The highest BCUT2D eigenvalue weighted by molar-refractivity contribution is 5.25. The second-order valence-corrected chi connectivity index (χ2v) is 4.94. The van der Waals surface area contributed by atoms with Crippen molar-refractivity contribution >= 4 is 5.95 Å². The Morgan fingerprint density at radius 1 is 1.16 bits per heavy atom. The predicted molar refractivity (Wildman–Crippen MR) is 75.3 cm³/mol. The van der Waals surface area contributed by atoms with Gasteiger partial charge in [0.15, 0.2) is 0 Å². The highest BCUT2D eigenvalue weighted by atomic mass is 16.5. The van der Waals surface area contributed by atoms with Gasteiger partial charge in [-0.2, -0.15) is 5.10 Å². The molecule has 1 atom stereocenters. The van der Waals surface area contributed by atoms with E-state index in [2.05, 4.69) is 34.3 Å². The molecule has 2 rings (SSSR count). The quantitative estimate of drug-likeness (QED) is 0.854. The lowest BCUT2D eigenvalue weighted by atomic mass is 10.1. The van der Waals surface area contributed by atoms with E-state index >= 15 is 0 Å². The summed E-state index contributed by atoms with van der Waals surface area (Å²) in [6, 6.07) is 0. The van der Waals surface area contributed by atoms with Crippen LogP contribution in [0.2, 0.25) is 0 Å². The van der Waals surface area contributed by atoms with E-state index in [1.54, 1.807) is 0 Å². The minimum atomic E-state index is 0.398. The first kappa shape index (κ1) is 14.2. The molecule has 1 unspecified atom stereocenters. The Morgan fingerprint density at radius 2 is 2.00 bits per heavy atom. The second kappa shape index (κ2) is 7.38. The van der Waals surface area contributed by atoms with Crippen LogP contribution in [-0.4, -0.2) is 34.4 Å². The molecule has 0 aromatic carbocycles. The minimum Gasteiger partial charge on any atom is -0.378 e. The first-order valence-corrected chi connectivity index (χ1v) is 7.41. The van der Waals surface area contributed by atoms with Crippen LogP contribution in [0.4, 0.5) is 5.95 Å². The van der Waals surface area contributed by atoms with Gasteiger partial charge in [-0.15, -0.1) is 5.10 Å². The van der Waals surface area contributed by atoms with Gasteiger partial charge in [0, 0.05) is 13.2 Å². The van der Waals surface area contributed by atoms with Gasteiger partial charge in [0.05, 0.1) is 17.5 Å². The van der Waals surface area contributed by atoms with Gasteiger partial charge in [-0.05, 0) is 38.5 Å². The SMILES string of the molecule is CCc1nnc(NCCC2CCCCO2)nc1CC. The highest BCUT2D eigenvalue weighted by Crippen LogP contribution is 2.15. The largest absolute Gasteiger partial charge is 0.378 e. The van der Waals surface area contributed by atoms with Crippen LogP contribution in [0.1, 0.15) is 50.9 Å². The molecule has 0 aliphatic carbocycles. The Balaban J connectivity index is 1.81. The highest BCUT2D eigenvalue weighted by Gasteiger charge is 2.13. The second-order valence-electron chi connectivity index (χ2n) is 4.94. The maximum Gasteiger partial charge on any atom is 0.242 e. The topological polar surface area (TPSA) is 59.9 Å². The van der Waals surface area contributed by atoms with Gasteiger partial charge in [0.2, 0.25) is 5.95 Å². The van der Waals surface area contributed by atoms with Crippen LogP contribution in [0.5, 0.6) is 0 Å². The van der Waals surface area contributed by atoms with Gasteiger partial charge in [-0.3, -0.25) is 0 Å². The summed E-state index contributed by atoms with van der Waals surface area (Å²) in [4.78, 5) is 4.52. The average molecular weight is 264 g/mol. The van der Waals surface area contributed by atoms with Gasteiger partial charge < -0.3 is 10.1 Å². The standard InChI is InChI=1S/C14H24N4O/c1-3-12-13(4-2)17-18-14(16-12)15-9-8-11-7-5-6-10-19-11/h11H,3-10H2,1-2H3,(H,15,16,18). The summed E-state index contributed by atoms with van der Waals surface area (Å²) in [6.45, 7) is 5.94. The van der Waals surface area contributed by atoms with E-state index < -0.39 is 0 Å². The molecular formula is C14H24N4O. The number of aryl methyl sites for hydroxylation is 2. The summed E-state index contributed by atoms with van der Waals surface area (Å²) in [5.74, 6) is 0.643. The van der Waals surface area contributed by atoms with Crippen LogP contribution in [-0.2, 0) is 17.6 Å². The lowest BCUT2D eigenvalue weighted by Gasteiger charge is -2.22. The Kier molecular flexibility index (Phi) is 5.51. The molecule has 1 aromatic heterocycles. The van der Waals surface area contributed by atoms with Crippen molar-refractivity contribution in [3.63, 3.8) is 0 Å². The number of ether oxygens (including phenoxy) is 1. The first-order valence-electron chi connectivity index (χ1n) is 7.41. The summed E-state index contributed by atoms with van der Waals surface area (Å²) in [6.07, 6.45) is 6.87. The number of hydrogen-bond acceptors (Lipinski definition) is 5. The fourth-order valence-corrected chi connectivity index (χ4v) is 2.39. The number of aromatic nitrogens is 3. The normalized spacial score (nSPS) is 19.4. The molecule has 0 saturated carbocycles. The zero-order valence-electron chi connectivity index (χ0n) is 12.0. The lowest BCUT2D eigenvalue weighted by molar-refractivity contribution is 0.0134. The fourth-order valence-electron chi connectivity index (χ4n) is 2.39. The van der Waals surface area contributed by atoms with Crippen molar-refractivity contribution in [2.75, 3.05) is 18.5 Å². The number of anilines is 1. The molecule has 19 heavy (non-hydrogen) atoms. The van der Waals surface area contributed by atoms with Crippen LogP contribution in [0.15, 0.2) is 0 Å². The van der Waals surface area contributed by atoms with E-state index in [1.165, 1.54) is 19.3 Å². The molecule has 1 aromatic rings. The Bertz CT molecular complexity index is 391. The molecule has 0 spiro atoms. The Morgan fingerprint density at radius 3 is 2.68 bits per heavy atom. The van der Waals surface area contributed by atoms with E-state index in [0.717, 1.165) is 43.8 Å². The third-order valence-corrected chi connectivity index (χ3v) is 3.53. The minimum absolute atomic E-state index is 0.398. The smallest absolute Gasteiger partial charge is 0.242 e. The van der Waals surface area contributed by atoms with Crippen molar-refractivity contribution in [1.82, 2.24) is 15.2 Å². The van der Waals surface area contributed by atoms with Gasteiger partial charge in [-0.1, -0.05) is 13.8 Å². The Hall–Kier alpha value is -1.23. The maximum absolute atomic E-state index is 5.70. The van der Waals surface area contributed by atoms with Crippen LogP contribution < -0.4 is 5.32 Å². The molecule has 1 aliphatic rings. The zero-order chi connectivity index (χ0) is 13.5. The molecule has 1 aliphatic heterocycles. The van der Waals surface area contributed by atoms with Crippen molar-refractivity contribution in [3.8, 4) is 0 Å². The average Bonchev–Trinajstić information content (AvgIpc) is 2.48. The molecule has 0 radical (unpaired) electrons. The van der Waals surface area contributed by atoms with Crippen LogP contribution in [0.25, 0.3) is 0 Å². The number of rotatable bonds is 6. The predicted octanol–water partition coefficient (Wildman–Crippen LogP) is 2.37. The van der Waals surface area contributed by atoms with Gasteiger partial charge in [-0.25, -0.2) is 4.98 Å². The molecule has 1 N–H and O–H groups in total. The zero-order valence-corrected chi connectivity index (χ0v) is 12.0. The van der Waals surface area contributed by atoms with E-state index in [-0.39, 0.29) is 0 Å².